The molecular formula is C16H24N4O. The van der Waals surface area contributed by atoms with E-state index >= 15 is 0 Å². The van der Waals surface area contributed by atoms with Crippen LogP contribution in [0.1, 0.15) is 25.3 Å². The molecule has 0 radical (unpaired) electrons. The van der Waals surface area contributed by atoms with E-state index in [1.807, 2.05) is 24.1 Å². The van der Waals surface area contributed by atoms with Crippen LogP contribution in [0.2, 0.25) is 0 Å². The molecule has 0 spiro atoms. The van der Waals surface area contributed by atoms with Crippen molar-refractivity contribution >= 4 is 5.91 Å². The molecule has 0 bridgehead atoms. The van der Waals surface area contributed by atoms with Crippen LogP contribution in [0.3, 0.4) is 0 Å². The summed E-state index contributed by atoms with van der Waals surface area (Å²) in [4.78, 5) is 21.0. The van der Waals surface area contributed by atoms with Crippen molar-refractivity contribution in [1.82, 2.24) is 14.8 Å². The third kappa shape index (κ3) is 3.24. The fraction of sp³-hybridized carbons (Fsp3) is 0.625. The Morgan fingerprint density at radius 3 is 2.67 bits per heavy atom. The smallest absolute Gasteiger partial charge is 0.242 e. The molecule has 2 heterocycles. The Kier molecular flexibility index (Phi) is 3.95. The topological polar surface area (TPSA) is 62.5 Å². The summed E-state index contributed by atoms with van der Waals surface area (Å²) in [5.41, 5.74) is 6.80. The summed E-state index contributed by atoms with van der Waals surface area (Å²) in [6.07, 6.45) is 5.89. The van der Waals surface area contributed by atoms with Crippen molar-refractivity contribution in [2.75, 3.05) is 26.2 Å². The lowest BCUT2D eigenvalue weighted by Crippen LogP contribution is -2.59. The molecule has 1 amide bonds. The van der Waals surface area contributed by atoms with Crippen LogP contribution < -0.4 is 5.73 Å². The number of nitrogens with two attached hydrogens (primary N) is 1. The zero-order valence-electron chi connectivity index (χ0n) is 12.7. The van der Waals surface area contributed by atoms with E-state index in [-0.39, 0.29) is 5.91 Å². The van der Waals surface area contributed by atoms with Crippen molar-refractivity contribution in [3.05, 3.63) is 30.1 Å². The predicted molar refractivity (Wildman–Crippen MR) is 81.4 cm³/mol. The van der Waals surface area contributed by atoms with E-state index in [9.17, 15) is 4.79 Å². The highest BCUT2D eigenvalue weighted by atomic mass is 16.2. The second-order valence-corrected chi connectivity index (χ2v) is 6.49. The second kappa shape index (κ2) is 5.73. The standard InChI is InChI=1S/C16H24N4O/c1-16(17,14-4-5-14)15(21)20-9-7-19(8-10-20)12-13-3-2-6-18-11-13/h2-3,6,11,14H,4-5,7-10,12,17H2,1H3. The van der Waals surface area contributed by atoms with Crippen LogP contribution in [-0.2, 0) is 11.3 Å². The maximum atomic E-state index is 12.5. The minimum atomic E-state index is -0.661. The van der Waals surface area contributed by atoms with E-state index in [0.717, 1.165) is 45.6 Å². The van der Waals surface area contributed by atoms with E-state index < -0.39 is 5.54 Å². The number of aromatic nitrogens is 1. The number of rotatable bonds is 4. The summed E-state index contributed by atoms with van der Waals surface area (Å²) < 4.78 is 0. The molecule has 2 aliphatic rings. The lowest BCUT2D eigenvalue weighted by atomic mass is 9.95. The van der Waals surface area contributed by atoms with Crippen LogP contribution in [0.25, 0.3) is 0 Å². The molecule has 2 fully saturated rings. The molecule has 1 aromatic rings. The second-order valence-electron chi connectivity index (χ2n) is 6.49. The lowest BCUT2D eigenvalue weighted by Gasteiger charge is -2.38. The van der Waals surface area contributed by atoms with E-state index in [4.69, 9.17) is 5.73 Å². The van der Waals surface area contributed by atoms with Crippen molar-refractivity contribution in [2.24, 2.45) is 11.7 Å². The third-order valence-electron chi connectivity index (χ3n) is 4.67. The maximum Gasteiger partial charge on any atom is 0.242 e. The number of hydrogen-bond donors (Lipinski definition) is 1. The number of amides is 1. The minimum Gasteiger partial charge on any atom is -0.339 e. The van der Waals surface area contributed by atoms with Crippen LogP contribution in [0, 0.1) is 5.92 Å². The van der Waals surface area contributed by atoms with Gasteiger partial charge in [0.2, 0.25) is 5.91 Å². The maximum absolute atomic E-state index is 12.5. The summed E-state index contributed by atoms with van der Waals surface area (Å²) in [5, 5.41) is 0. The van der Waals surface area contributed by atoms with Gasteiger partial charge in [-0.15, -0.1) is 0 Å². The Bertz CT molecular complexity index is 490. The van der Waals surface area contributed by atoms with E-state index in [1.165, 1.54) is 5.56 Å². The Morgan fingerprint density at radius 2 is 2.10 bits per heavy atom. The molecule has 1 atom stereocenters. The van der Waals surface area contributed by atoms with E-state index in [0.29, 0.717) is 5.92 Å². The molecule has 5 heteroatoms. The average molecular weight is 288 g/mol. The third-order valence-corrected chi connectivity index (χ3v) is 4.67. The first-order valence-electron chi connectivity index (χ1n) is 7.77. The van der Waals surface area contributed by atoms with Crippen LogP contribution in [0.15, 0.2) is 24.5 Å². The SMILES string of the molecule is CC(N)(C(=O)N1CCN(Cc2cccnc2)CC1)C1CC1. The van der Waals surface area contributed by atoms with Crippen molar-refractivity contribution in [1.29, 1.82) is 0 Å². The van der Waals surface area contributed by atoms with Gasteiger partial charge in [0.1, 0.15) is 0 Å². The van der Waals surface area contributed by atoms with Gasteiger partial charge in [-0.25, -0.2) is 0 Å². The number of carbonyl (C=O) groups is 1. The lowest BCUT2D eigenvalue weighted by molar-refractivity contribution is -0.139. The van der Waals surface area contributed by atoms with Gasteiger partial charge in [0.05, 0.1) is 5.54 Å². The fourth-order valence-electron chi connectivity index (χ4n) is 3.06. The summed E-state index contributed by atoms with van der Waals surface area (Å²) in [6, 6.07) is 4.05. The minimum absolute atomic E-state index is 0.131. The van der Waals surface area contributed by atoms with E-state index in [1.54, 1.807) is 6.20 Å². The monoisotopic (exact) mass is 288 g/mol. The number of piperazine rings is 1. The molecule has 1 aliphatic carbocycles. The summed E-state index contributed by atoms with van der Waals surface area (Å²) in [6.45, 7) is 6.16. The van der Waals surface area contributed by atoms with Crippen molar-refractivity contribution < 1.29 is 4.79 Å². The molecule has 1 saturated heterocycles. The molecule has 114 valence electrons. The normalized spacial score (nSPS) is 22.9. The quantitative estimate of drug-likeness (QED) is 0.892. The molecule has 1 saturated carbocycles. The van der Waals surface area contributed by atoms with Gasteiger partial charge in [-0.05, 0) is 37.3 Å². The fourth-order valence-corrected chi connectivity index (χ4v) is 3.06. The zero-order chi connectivity index (χ0) is 14.9. The van der Waals surface area contributed by atoms with Gasteiger partial charge in [0.15, 0.2) is 0 Å². The van der Waals surface area contributed by atoms with Crippen LogP contribution in [0.5, 0.6) is 0 Å². The van der Waals surface area contributed by atoms with Gasteiger partial charge < -0.3 is 10.6 Å². The summed E-state index contributed by atoms with van der Waals surface area (Å²) in [5.74, 6) is 0.518. The van der Waals surface area contributed by atoms with Crippen LogP contribution in [0.4, 0.5) is 0 Å². The average Bonchev–Trinajstić information content (AvgIpc) is 3.33. The molecule has 1 unspecified atom stereocenters. The molecule has 5 nitrogen and oxygen atoms in total. The molecule has 1 aromatic heterocycles. The van der Waals surface area contributed by atoms with Gasteiger partial charge in [0.25, 0.3) is 0 Å². The van der Waals surface area contributed by atoms with Crippen molar-refractivity contribution in [2.45, 2.75) is 31.8 Å². The molecule has 0 aromatic carbocycles. The zero-order valence-corrected chi connectivity index (χ0v) is 12.7. The highest BCUT2D eigenvalue weighted by Crippen LogP contribution is 2.39. The first kappa shape index (κ1) is 14.5. The van der Waals surface area contributed by atoms with Crippen LogP contribution >= 0.6 is 0 Å². The van der Waals surface area contributed by atoms with Crippen molar-refractivity contribution in [3.8, 4) is 0 Å². The van der Waals surface area contributed by atoms with Crippen molar-refractivity contribution in [3.63, 3.8) is 0 Å². The molecule has 2 N–H and O–H groups in total. The van der Waals surface area contributed by atoms with Gasteiger partial charge in [-0.3, -0.25) is 14.7 Å². The molecule has 1 aliphatic heterocycles. The molecule has 3 rings (SSSR count). The predicted octanol–water partition coefficient (Wildman–Crippen LogP) is 0.853. The highest BCUT2D eigenvalue weighted by Gasteiger charge is 2.46. The number of hydrogen-bond acceptors (Lipinski definition) is 4. The van der Waals surface area contributed by atoms with Crippen LogP contribution in [-0.4, -0.2) is 52.4 Å². The largest absolute Gasteiger partial charge is 0.339 e. The van der Waals surface area contributed by atoms with Gasteiger partial charge in [0, 0.05) is 45.1 Å². The van der Waals surface area contributed by atoms with Gasteiger partial charge >= 0.3 is 0 Å². The Hall–Kier alpha value is -1.46. The molecular weight excluding hydrogens is 264 g/mol. The first-order chi connectivity index (χ1) is 10.1. The van der Waals surface area contributed by atoms with E-state index in [2.05, 4.69) is 16.0 Å². The highest BCUT2D eigenvalue weighted by molar-refractivity contribution is 5.86. The summed E-state index contributed by atoms with van der Waals surface area (Å²) >= 11 is 0. The Balaban J connectivity index is 1.52. The Morgan fingerprint density at radius 1 is 1.38 bits per heavy atom. The number of nitrogens with zero attached hydrogens (tertiary/aromatic N) is 3. The van der Waals surface area contributed by atoms with Gasteiger partial charge in [-0.2, -0.15) is 0 Å². The summed E-state index contributed by atoms with van der Waals surface area (Å²) in [7, 11) is 0. The Labute approximate surface area is 126 Å². The number of carbonyl (C=O) groups excluding carboxylic acids is 1. The number of pyridine rings is 1. The first-order valence-corrected chi connectivity index (χ1v) is 7.77. The van der Waals surface area contributed by atoms with Gasteiger partial charge in [-0.1, -0.05) is 6.07 Å². The molecule has 21 heavy (non-hydrogen) atoms.